The average molecular weight is 324 g/mol. The van der Waals surface area contributed by atoms with Crippen LogP contribution in [0.15, 0.2) is 22.6 Å². The lowest BCUT2D eigenvalue weighted by Gasteiger charge is -2.25. The Balaban J connectivity index is 2.47. The number of nitrogen functional groups attached to an aromatic ring is 1. The molecule has 4 atom stereocenters. The molecule has 0 saturated carbocycles. The van der Waals surface area contributed by atoms with E-state index in [9.17, 15) is 23.8 Å². The van der Waals surface area contributed by atoms with Crippen molar-refractivity contribution in [2.45, 2.75) is 24.1 Å². The van der Waals surface area contributed by atoms with Gasteiger partial charge >= 0.3 is 5.69 Å². The Bertz CT molecular complexity index is 626. The third kappa shape index (κ3) is 2.53. The summed E-state index contributed by atoms with van der Waals surface area (Å²) in [6, 6.07) is 0. The van der Waals surface area contributed by atoms with Crippen molar-refractivity contribution in [1.29, 1.82) is 0 Å². The molecule has 116 valence electrons. The van der Waals surface area contributed by atoms with E-state index in [2.05, 4.69) is 4.98 Å². The second kappa shape index (κ2) is 5.68. The predicted molar refractivity (Wildman–Crippen MR) is 68.7 cm³/mol. The second-order valence-electron chi connectivity index (χ2n) is 4.47. The normalized spacial score (nSPS) is 32.9. The highest BCUT2D eigenvalue weighted by Crippen LogP contribution is 2.39. The van der Waals surface area contributed by atoms with Crippen LogP contribution in [0, 0.1) is 5.82 Å². The molecule has 0 amide bonds. The molecule has 4 N–H and O–H groups in total. The van der Waals surface area contributed by atoms with Gasteiger partial charge in [-0.2, -0.15) is 4.98 Å². The molecule has 0 unspecified atom stereocenters. The highest BCUT2D eigenvalue weighted by Gasteiger charge is 2.54. The number of hydrogen-bond donors (Lipinski definition) is 3. The molecular weight excluding hydrogens is 312 g/mol. The van der Waals surface area contributed by atoms with Gasteiger partial charge in [0.25, 0.3) is 0 Å². The van der Waals surface area contributed by atoms with Gasteiger partial charge < -0.3 is 20.7 Å². The molecule has 10 heteroatoms. The number of nitrogens with zero attached hydrogens (tertiary/aromatic N) is 2. The first-order valence-corrected chi connectivity index (χ1v) is 6.23. The summed E-state index contributed by atoms with van der Waals surface area (Å²) >= 11 is 5.37. The first-order valence-electron chi connectivity index (χ1n) is 5.79. The number of hydrogen-bond acceptors (Lipinski definition) is 6. The lowest BCUT2D eigenvalue weighted by atomic mass is 9.97. The Morgan fingerprint density at radius 2 is 2.33 bits per heavy atom. The summed E-state index contributed by atoms with van der Waals surface area (Å²) in [5.74, 6) is -1.69. The summed E-state index contributed by atoms with van der Waals surface area (Å²) in [6.45, 7) is -0.798. The maximum Gasteiger partial charge on any atom is 0.351 e. The molecule has 1 fully saturated rings. The molecule has 0 aromatic carbocycles. The fraction of sp³-hybridized carbons (Fsp3) is 0.455. The molecule has 1 aliphatic heterocycles. The Hall–Kier alpha value is -1.55. The first kappa shape index (κ1) is 15.8. The van der Waals surface area contributed by atoms with Crippen molar-refractivity contribution < 1.29 is 23.7 Å². The zero-order valence-electron chi connectivity index (χ0n) is 10.5. The van der Waals surface area contributed by atoms with E-state index in [1.54, 1.807) is 0 Å². The van der Waals surface area contributed by atoms with E-state index >= 15 is 0 Å². The molecule has 21 heavy (non-hydrogen) atoms. The minimum atomic E-state index is -2.12. The van der Waals surface area contributed by atoms with Crippen molar-refractivity contribution in [3.05, 3.63) is 34.1 Å². The van der Waals surface area contributed by atoms with Gasteiger partial charge in [-0.1, -0.05) is 11.6 Å². The highest BCUT2D eigenvalue weighted by atomic mass is 35.5. The van der Waals surface area contributed by atoms with Gasteiger partial charge in [-0.05, 0) is 6.08 Å². The summed E-state index contributed by atoms with van der Waals surface area (Å²) in [7, 11) is 0. The van der Waals surface area contributed by atoms with Crippen molar-refractivity contribution in [2.24, 2.45) is 0 Å². The van der Waals surface area contributed by atoms with Gasteiger partial charge in [0.15, 0.2) is 24.0 Å². The number of aliphatic hydroxyl groups is 2. The van der Waals surface area contributed by atoms with E-state index in [-0.39, 0.29) is 0 Å². The fourth-order valence-electron chi connectivity index (χ4n) is 2.06. The van der Waals surface area contributed by atoms with Crippen molar-refractivity contribution in [1.82, 2.24) is 9.55 Å². The van der Waals surface area contributed by atoms with Crippen LogP contribution in [0.5, 0.6) is 0 Å². The van der Waals surface area contributed by atoms with Crippen LogP contribution in [0.3, 0.4) is 0 Å². The largest absolute Gasteiger partial charge is 0.393 e. The van der Waals surface area contributed by atoms with E-state index in [0.717, 1.165) is 11.6 Å². The Labute approximate surface area is 122 Å². The van der Waals surface area contributed by atoms with E-state index < -0.39 is 48.0 Å². The zero-order chi connectivity index (χ0) is 15.8. The van der Waals surface area contributed by atoms with Crippen LogP contribution in [0.1, 0.15) is 6.23 Å². The maximum absolute atomic E-state index is 14.2. The molecule has 2 rings (SSSR count). The molecule has 7 nitrogen and oxygen atoms in total. The van der Waals surface area contributed by atoms with Crippen LogP contribution in [0.2, 0.25) is 0 Å². The number of alkyl halides is 1. The lowest BCUT2D eigenvalue weighted by Crippen LogP contribution is -2.43. The third-order valence-electron chi connectivity index (χ3n) is 3.22. The molecule has 1 aliphatic rings. The highest BCUT2D eigenvalue weighted by molar-refractivity contribution is 6.25. The predicted octanol–water partition coefficient (Wildman–Crippen LogP) is -0.324. The molecular formula is C11H12ClF2N3O4. The van der Waals surface area contributed by atoms with Gasteiger partial charge in [0.05, 0.1) is 12.8 Å². The lowest BCUT2D eigenvalue weighted by molar-refractivity contribution is -0.0985. The molecule has 1 saturated heterocycles. The van der Waals surface area contributed by atoms with E-state index in [1.807, 2.05) is 0 Å². The number of nitrogens with two attached hydrogens (primary N) is 1. The van der Waals surface area contributed by atoms with Crippen molar-refractivity contribution in [2.75, 3.05) is 12.3 Å². The SMILES string of the molecule is Nc1nc(=O)n([C@@H]2O[C@](C=CCl)(CO)[C@@H](O)[C@@H]2F)cc1F. The van der Waals surface area contributed by atoms with E-state index in [0.29, 0.717) is 10.8 Å². The number of ether oxygens (including phenoxy) is 1. The number of anilines is 1. The summed E-state index contributed by atoms with van der Waals surface area (Å²) in [5, 5.41) is 19.2. The number of halogens is 3. The standard InChI is InChI=1S/C11H12ClF2N3O4/c12-2-1-11(4-18)7(19)6(14)9(21-11)17-3-5(13)8(15)16-10(17)20/h1-3,6-7,9,18-19H,4H2,(H2,15,16,20)/t6-,7-,9+,11+/m0/s1. The smallest absolute Gasteiger partial charge is 0.351 e. The second-order valence-corrected chi connectivity index (χ2v) is 4.72. The minimum Gasteiger partial charge on any atom is -0.393 e. The number of rotatable bonds is 3. The van der Waals surface area contributed by atoms with Crippen LogP contribution in [0.25, 0.3) is 0 Å². The Morgan fingerprint density at radius 3 is 2.90 bits per heavy atom. The Morgan fingerprint density at radius 1 is 1.67 bits per heavy atom. The van der Waals surface area contributed by atoms with Gasteiger partial charge in [-0.25, -0.2) is 13.6 Å². The van der Waals surface area contributed by atoms with Crippen molar-refractivity contribution in [3.8, 4) is 0 Å². The van der Waals surface area contributed by atoms with E-state index in [4.69, 9.17) is 22.1 Å². The molecule has 1 aromatic heterocycles. The van der Waals surface area contributed by atoms with Crippen LogP contribution in [0.4, 0.5) is 14.6 Å². The zero-order valence-corrected chi connectivity index (χ0v) is 11.2. The first-order chi connectivity index (χ1) is 9.86. The van der Waals surface area contributed by atoms with E-state index in [1.165, 1.54) is 0 Å². The van der Waals surface area contributed by atoms with Gasteiger partial charge in [0.2, 0.25) is 0 Å². The number of aliphatic hydroxyl groups excluding tert-OH is 2. The van der Waals surface area contributed by atoms with Crippen molar-refractivity contribution >= 4 is 17.4 Å². The monoisotopic (exact) mass is 323 g/mol. The minimum absolute atomic E-state index is 0.513. The molecule has 0 bridgehead atoms. The molecule has 2 heterocycles. The molecule has 0 radical (unpaired) electrons. The van der Waals surface area contributed by atoms with Crippen LogP contribution < -0.4 is 11.4 Å². The van der Waals surface area contributed by atoms with Gasteiger partial charge in [0.1, 0.15) is 11.7 Å². The summed E-state index contributed by atoms with van der Waals surface area (Å²) in [6.07, 6.45) is -3.96. The summed E-state index contributed by atoms with van der Waals surface area (Å²) < 4.78 is 33.3. The van der Waals surface area contributed by atoms with Crippen LogP contribution >= 0.6 is 11.6 Å². The average Bonchev–Trinajstić information content (AvgIpc) is 2.69. The maximum atomic E-state index is 14.2. The van der Waals surface area contributed by atoms with Crippen molar-refractivity contribution in [3.63, 3.8) is 0 Å². The topological polar surface area (TPSA) is 111 Å². The fourth-order valence-corrected chi connectivity index (χ4v) is 2.28. The van der Waals surface area contributed by atoms with Gasteiger partial charge in [-0.3, -0.25) is 4.57 Å². The molecule has 0 aliphatic carbocycles. The summed E-state index contributed by atoms with van der Waals surface area (Å²) in [5.41, 5.74) is 3.15. The molecule has 1 aromatic rings. The van der Waals surface area contributed by atoms with Gasteiger partial charge in [-0.15, -0.1) is 0 Å². The van der Waals surface area contributed by atoms with Gasteiger partial charge in [0, 0.05) is 5.54 Å². The number of aromatic nitrogens is 2. The Kier molecular flexibility index (Phi) is 4.28. The quantitative estimate of drug-likeness (QED) is 0.703. The molecule has 0 spiro atoms. The van der Waals surface area contributed by atoms with Crippen LogP contribution in [-0.2, 0) is 4.74 Å². The van der Waals surface area contributed by atoms with Crippen LogP contribution in [-0.4, -0.2) is 44.2 Å². The third-order valence-corrected chi connectivity index (χ3v) is 3.34. The summed E-state index contributed by atoms with van der Waals surface area (Å²) in [4.78, 5) is 14.8.